The van der Waals surface area contributed by atoms with Gasteiger partial charge in [0.1, 0.15) is 5.69 Å². The van der Waals surface area contributed by atoms with E-state index in [1.54, 1.807) is 0 Å². The van der Waals surface area contributed by atoms with E-state index in [2.05, 4.69) is 34.4 Å². The van der Waals surface area contributed by atoms with Crippen LogP contribution in [0.4, 0.5) is 24.8 Å². The maximum atomic E-state index is 13.0. The van der Waals surface area contributed by atoms with Gasteiger partial charge in [0.2, 0.25) is 5.95 Å². The fraction of sp³-hybridized carbons (Fsp3) is 0.353. The lowest BCUT2D eigenvalue weighted by Crippen LogP contribution is -2.18. The first kappa shape index (κ1) is 18.7. The van der Waals surface area contributed by atoms with Gasteiger partial charge in [-0.15, -0.1) is 0 Å². The average Bonchev–Trinajstić information content (AvgIpc) is 2.54. The number of anilines is 2. The van der Waals surface area contributed by atoms with Crippen LogP contribution in [0, 0.1) is 5.92 Å². The molecule has 0 unspecified atom stereocenters. The third kappa shape index (κ3) is 5.44. The van der Waals surface area contributed by atoms with Crippen LogP contribution in [-0.2, 0) is 6.18 Å². The summed E-state index contributed by atoms with van der Waals surface area (Å²) in [5.74, 6) is 0.0290. The molecule has 2 rings (SSSR count). The molecule has 0 saturated heterocycles. The zero-order valence-electron chi connectivity index (χ0n) is 13.9. The average molecular weight is 352 g/mol. The van der Waals surface area contributed by atoms with E-state index < -0.39 is 17.6 Å². The molecule has 1 amide bonds. The first-order valence-electron chi connectivity index (χ1n) is 7.82. The highest BCUT2D eigenvalue weighted by Gasteiger charge is 2.33. The van der Waals surface area contributed by atoms with Crippen molar-refractivity contribution < 1.29 is 18.0 Å². The second-order valence-electron chi connectivity index (χ2n) is 5.87. The van der Waals surface area contributed by atoms with Crippen LogP contribution in [0.5, 0.6) is 0 Å². The third-order valence-electron chi connectivity index (χ3n) is 3.37. The van der Waals surface area contributed by atoms with Crippen LogP contribution in [0.3, 0.4) is 0 Å². The molecule has 0 bridgehead atoms. The van der Waals surface area contributed by atoms with E-state index in [1.165, 1.54) is 30.5 Å². The van der Waals surface area contributed by atoms with Crippen molar-refractivity contribution in [1.82, 2.24) is 9.97 Å². The van der Waals surface area contributed by atoms with Crippen molar-refractivity contribution in [2.75, 3.05) is 17.2 Å². The number of aromatic nitrogens is 2. The lowest BCUT2D eigenvalue weighted by Gasteiger charge is -2.13. The van der Waals surface area contributed by atoms with E-state index in [0.29, 0.717) is 12.5 Å². The molecule has 2 aromatic rings. The van der Waals surface area contributed by atoms with Crippen LogP contribution < -0.4 is 10.6 Å². The molecule has 1 aromatic heterocycles. The predicted molar refractivity (Wildman–Crippen MR) is 89.4 cm³/mol. The molecular weight excluding hydrogens is 333 g/mol. The SMILES string of the molecule is CC(C)CCNc1nccc(C(=O)Nc2ccccc2C(F)(F)F)n1. The van der Waals surface area contributed by atoms with Gasteiger partial charge in [-0.25, -0.2) is 9.97 Å². The Kier molecular flexibility index (Phi) is 5.95. The zero-order valence-corrected chi connectivity index (χ0v) is 13.9. The topological polar surface area (TPSA) is 66.9 Å². The van der Waals surface area contributed by atoms with E-state index in [9.17, 15) is 18.0 Å². The second kappa shape index (κ2) is 7.96. The van der Waals surface area contributed by atoms with Crippen LogP contribution in [0.25, 0.3) is 0 Å². The molecule has 0 spiro atoms. The van der Waals surface area contributed by atoms with Crippen molar-refractivity contribution in [2.24, 2.45) is 5.92 Å². The lowest BCUT2D eigenvalue weighted by atomic mass is 10.1. The quantitative estimate of drug-likeness (QED) is 0.817. The van der Waals surface area contributed by atoms with Crippen LogP contribution in [0.15, 0.2) is 36.5 Å². The minimum absolute atomic E-state index is 0.0148. The first-order valence-corrected chi connectivity index (χ1v) is 7.82. The Morgan fingerprint density at radius 2 is 1.92 bits per heavy atom. The Morgan fingerprint density at radius 3 is 2.60 bits per heavy atom. The monoisotopic (exact) mass is 352 g/mol. The number of rotatable bonds is 6. The highest BCUT2D eigenvalue weighted by atomic mass is 19.4. The summed E-state index contributed by atoms with van der Waals surface area (Å²) < 4.78 is 38.9. The Bertz CT molecular complexity index is 732. The largest absolute Gasteiger partial charge is 0.418 e. The molecule has 1 aromatic carbocycles. The maximum Gasteiger partial charge on any atom is 0.418 e. The van der Waals surface area contributed by atoms with Crippen molar-refractivity contribution in [1.29, 1.82) is 0 Å². The van der Waals surface area contributed by atoms with Gasteiger partial charge in [-0.05, 0) is 30.5 Å². The van der Waals surface area contributed by atoms with E-state index >= 15 is 0 Å². The number of nitrogens with one attached hydrogen (secondary N) is 2. The molecule has 2 N–H and O–H groups in total. The Balaban J connectivity index is 2.12. The fourth-order valence-electron chi connectivity index (χ4n) is 2.07. The Morgan fingerprint density at radius 1 is 1.20 bits per heavy atom. The maximum absolute atomic E-state index is 13.0. The van der Waals surface area contributed by atoms with E-state index in [1.807, 2.05) is 0 Å². The van der Waals surface area contributed by atoms with Gasteiger partial charge in [0, 0.05) is 12.7 Å². The summed E-state index contributed by atoms with van der Waals surface area (Å²) in [7, 11) is 0. The van der Waals surface area contributed by atoms with Crippen molar-refractivity contribution in [2.45, 2.75) is 26.4 Å². The van der Waals surface area contributed by atoms with Gasteiger partial charge in [-0.2, -0.15) is 13.2 Å². The summed E-state index contributed by atoms with van der Waals surface area (Å²) in [6.45, 7) is 4.79. The smallest absolute Gasteiger partial charge is 0.354 e. The molecular formula is C17H19F3N4O. The molecule has 0 radical (unpaired) electrons. The van der Waals surface area contributed by atoms with E-state index in [0.717, 1.165) is 12.5 Å². The molecule has 0 atom stereocenters. The molecule has 0 saturated carbocycles. The molecule has 25 heavy (non-hydrogen) atoms. The molecule has 8 heteroatoms. The predicted octanol–water partition coefficient (Wildman–Crippen LogP) is 4.21. The summed E-state index contributed by atoms with van der Waals surface area (Å²) in [5.41, 5.74) is -1.24. The number of hydrogen-bond donors (Lipinski definition) is 2. The van der Waals surface area contributed by atoms with E-state index in [-0.39, 0.29) is 17.3 Å². The summed E-state index contributed by atoms with van der Waals surface area (Å²) >= 11 is 0. The van der Waals surface area contributed by atoms with Gasteiger partial charge in [0.15, 0.2) is 0 Å². The van der Waals surface area contributed by atoms with Gasteiger partial charge >= 0.3 is 6.18 Å². The van der Waals surface area contributed by atoms with Crippen LogP contribution in [0.1, 0.15) is 36.3 Å². The summed E-state index contributed by atoms with van der Waals surface area (Å²) in [6.07, 6.45) is -2.27. The van der Waals surface area contributed by atoms with Crippen LogP contribution in [-0.4, -0.2) is 22.4 Å². The summed E-state index contributed by atoms with van der Waals surface area (Å²) in [5, 5.41) is 5.25. The highest BCUT2D eigenvalue weighted by molar-refractivity contribution is 6.03. The number of carbonyl (C=O) groups is 1. The minimum atomic E-state index is -4.56. The minimum Gasteiger partial charge on any atom is -0.354 e. The number of para-hydroxylation sites is 1. The van der Waals surface area contributed by atoms with Gasteiger partial charge in [-0.3, -0.25) is 4.79 Å². The zero-order chi connectivity index (χ0) is 18.4. The number of nitrogens with zero attached hydrogens (tertiary/aromatic N) is 2. The lowest BCUT2D eigenvalue weighted by molar-refractivity contribution is -0.136. The van der Waals surface area contributed by atoms with Gasteiger partial charge < -0.3 is 10.6 Å². The van der Waals surface area contributed by atoms with Crippen molar-refractivity contribution >= 4 is 17.5 Å². The molecule has 0 aliphatic rings. The number of amides is 1. The Hall–Kier alpha value is -2.64. The van der Waals surface area contributed by atoms with E-state index in [4.69, 9.17) is 0 Å². The number of hydrogen-bond acceptors (Lipinski definition) is 4. The van der Waals surface area contributed by atoms with Gasteiger partial charge in [0.25, 0.3) is 5.91 Å². The highest BCUT2D eigenvalue weighted by Crippen LogP contribution is 2.34. The molecule has 0 fully saturated rings. The number of halogens is 3. The van der Waals surface area contributed by atoms with Crippen molar-refractivity contribution in [3.05, 3.63) is 47.8 Å². The van der Waals surface area contributed by atoms with Crippen LogP contribution in [0.2, 0.25) is 0 Å². The normalized spacial score (nSPS) is 11.4. The molecule has 134 valence electrons. The number of benzene rings is 1. The fourth-order valence-corrected chi connectivity index (χ4v) is 2.07. The number of alkyl halides is 3. The molecule has 5 nitrogen and oxygen atoms in total. The van der Waals surface area contributed by atoms with Crippen LogP contribution >= 0.6 is 0 Å². The standard InChI is InChI=1S/C17H19F3N4O/c1-11(2)7-9-21-16-22-10-8-14(24-16)15(25)23-13-6-4-3-5-12(13)17(18,19)20/h3-6,8,10-11H,7,9H2,1-2H3,(H,23,25)(H,21,22,24). The first-order chi connectivity index (χ1) is 11.8. The van der Waals surface area contributed by atoms with Gasteiger partial charge in [0.05, 0.1) is 11.3 Å². The van der Waals surface area contributed by atoms with Crippen molar-refractivity contribution in [3.8, 4) is 0 Å². The summed E-state index contributed by atoms with van der Waals surface area (Å²) in [4.78, 5) is 20.3. The molecule has 0 aliphatic heterocycles. The third-order valence-corrected chi connectivity index (χ3v) is 3.37. The molecule has 1 heterocycles. The summed E-state index contributed by atoms with van der Waals surface area (Å²) in [6, 6.07) is 6.14. The van der Waals surface area contributed by atoms with Crippen molar-refractivity contribution in [3.63, 3.8) is 0 Å². The molecule has 0 aliphatic carbocycles. The Labute approximate surface area is 143 Å². The van der Waals surface area contributed by atoms with Gasteiger partial charge in [-0.1, -0.05) is 26.0 Å². The number of carbonyl (C=O) groups excluding carboxylic acids is 1. The second-order valence-corrected chi connectivity index (χ2v) is 5.87.